The molecule has 3 N–H and O–H groups in total. The molecule has 0 aliphatic rings. The quantitative estimate of drug-likeness (QED) is 0.648. The Balaban J connectivity index is 2.14. The molecule has 2 heterocycles. The summed E-state index contributed by atoms with van der Waals surface area (Å²) >= 11 is 6.07. The molecular weight excluding hydrogens is 344 g/mol. The maximum atomic E-state index is 12.0. The number of hydrogen-bond donors (Lipinski definition) is 3. The molecule has 128 valence electrons. The molecule has 25 heavy (non-hydrogen) atoms. The van der Waals surface area contributed by atoms with Gasteiger partial charge in [-0.15, -0.1) is 0 Å². The number of benzene rings is 1. The minimum Gasteiger partial charge on any atom is -0.502 e. The lowest BCUT2D eigenvalue weighted by Crippen LogP contribution is -2.17. The van der Waals surface area contributed by atoms with Gasteiger partial charge in [-0.05, 0) is 29.8 Å². The second kappa shape index (κ2) is 7.38. The van der Waals surface area contributed by atoms with Gasteiger partial charge < -0.3 is 19.9 Å². The average molecular weight is 359 g/mol. The van der Waals surface area contributed by atoms with E-state index in [1.807, 2.05) is 0 Å². The highest BCUT2D eigenvalue weighted by Gasteiger charge is 2.24. The molecule has 0 bridgehead atoms. The maximum absolute atomic E-state index is 12.0. The number of aromatic hydroxyl groups is 1. The Hall–Kier alpha value is -2.83. The van der Waals surface area contributed by atoms with Gasteiger partial charge in [-0.1, -0.05) is 29.8 Å². The predicted molar refractivity (Wildman–Crippen MR) is 93.7 cm³/mol. The van der Waals surface area contributed by atoms with E-state index in [1.165, 1.54) is 0 Å². The van der Waals surface area contributed by atoms with E-state index >= 15 is 0 Å². The molecule has 3 aromatic rings. The smallest absolute Gasteiger partial charge is 0.227 e. The highest BCUT2D eigenvalue weighted by molar-refractivity contribution is 6.30. The van der Waals surface area contributed by atoms with Gasteiger partial charge in [0.15, 0.2) is 5.76 Å². The highest BCUT2D eigenvalue weighted by atomic mass is 35.5. The van der Waals surface area contributed by atoms with Gasteiger partial charge >= 0.3 is 0 Å². The van der Waals surface area contributed by atoms with Crippen molar-refractivity contribution in [2.75, 3.05) is 5.32 Å². The fourth-order valence-corrected chi connectivity index (χ4v) is 2.61. The third-order valence-corrected chi connectivity index (χ3v) is 3.79. The molecule has 0 aliphatic heterocycles. The molecule has 1 atom stereocenters. The first-order valence-corrected chi connectivity index (χ1v) is 7.86. The van der Waals surface area contributed by atoms with Gasteiger partial charge in [-0.25, -0.2) is 4.98 Å². The normalized spacial score (nSPS) is 11.9. The van der Waals surface area contributed by atoms with E-state index in [-0.39, 0.29) is 11.5 Å². The van der Waals surface area contributed by atoms with Crippen molar-refractivity contribution in [3.05, 3.63) is 87.1 Å². The number of halogens is 1. The molecule has 6 nitrogen and oxygen atoms in total. The summed E-state index contributed by atoms with van der Waals surface area (Å²) < 4.78 is 5.53. The number of aliphatic hydroxyl groups excluding tert-OH is 1. The summed E-state index contributed by atoms with van der Waals surface area (Å²) in [7, 11) is 0. The zero-order valence-electron chi connectivity index (χ0n) is 13.0. The van der Waals surface area contributed by atoms with Crippen LogP contribution in [-0.4, -0.2) is 15.2 Å². The Morgan fingerprint density at radius 1 is 1.20 bits per heavy atom. The fourth-order valence-electron chi connectivity index (χ4n) is 2.41. The monoisotopic (exact) mass is 358 g/mol. The second-order valence-electron chi connectivity index (χ2n) is 5.30. The molecule has 0 spiro atoms. The standard InChI is InChI=1S/C18H15ClN2O4/c19-12-5-3-4-11(8-12)16(21-15-6-1-2-7-20-15)18-17(24)14(23)9-13(10-22)25-18/h1-9,16,22,24H,10H2,(H,20,21)/t16-/m0/s1. The summed E-state index contributed by atoms with van der Waals surface area (Å²) in [6, 6.07) is 12.5. The van der Waals surface area contributed by atoms with Crippen LogP contribution in [0.4, 0.5) is 5.82 Å². The van der Waals surface area contributed by atoms with Crippen LogP contribution in [0.1, 0.15) is 23.1 Å². The van der Waals surface area contributed by atoms with E-state index in [4.69, 9.17) is 16.0 Å². The molecule has 0 aliphatic carbocycles. The largest absolute Gasteiger partial charge is 0.502 e. The minimum absolute atomic E-state index is 0.0236. The van der Waals surface area contributed by atoms with E-state index in [0.29, 0.717) is 16.4 Å². The molecule has 0 saturated carbocycles. The van der Waals surface area contributed by atoms with Crippen molar-refractivity contribution in [2.45, 2.75) is 12.6 Å². The van der Waals surface area contributed by atoms with Gasteiger partial charge in [0, 0.05) is 17.3 Å². The van der Waals surface area contributed by atoms with E-state index in [2.05, 4.69) is 10.3 Å². The first-order chi connectivity index (χ1) is 12.1. The second-order valence-corrected chi connectivity index (χ2v) is 5.73. The van der Waals surface area contributed by atoms with Crippen molar-refractivity contribution in [1.29, 1.82) is 0 Å². The van der Waals surface area contributed by atoms with Gasteiger partial charge in [-0.2, -0.15) is 0 Å². The van der Waals surface area contributed by atoms with Gasteiger partial charge in [0.1, 0.15) is 24.2 Å². The molecule has 2 aromatic heterocycles. The van der Waals surface area contributed by atoms with Crippen molar-refractivity contribution in [2.24, 2.45) is 0 Å². The van der Waals surface area contributed by atoms with E-state index in [9.17, 15) is 15.0 Å². The predicted octanol–water partition coefficient (Wildman–Crippen LogP) is 3.09. The lowest BCUT2D eigenvalue weighted by molar-refractivity contribution is 0.234. The SMILES string of the molecule is O=c1cc(CO)oc([C@@H](Nc2ccccn2)c2cccc(Cl)c2)c1O. The molecule has 7 heteroatoms. The van der Waals surface area contributed by atoms with Crippen LogP contribution in [0.25, 0.3) is 0 Å². The summed E-state index contributed by atoms with van der Waals surface area (Å²) in [6.07, 6.45) is 1.61. The van der Waals surface area contributed by atoms with Crippen LogP contribution < -0.4 is 10.7 Å². The molecule has 0 radical (unpaired) electrons. The Bertz CT molecular complexity index is 928. The third-order valence-electron chi connectivity index (χ3n) is 3.56. The van der Waals surface area contributed by atoms with Crippen molar-refractivity contribution < 1.29 is 14.6 Å². The van der Waals surface area contributed by atoms with Gasteiger partial charge in [-0.3, -0.25) is 4.79 Å². The number of rotatable bonds is 5. The number of anilines is 1. The number of aliphatic hydroxyl groups is 1. The zero-order chi connectivity index (χ0) is 17.8. The number of nitrogens with zero attached hydrogens (tertiary/aromatic N) is 1. The van der Waals surface area contributed by atoms with Crippen LogP contribution in [0.5, 0.6) is 5.75 Å². The number of nitrogens with one attached hydrogen (secondary N) is 1. The van der Waals surface area contributed by atoms with Crippen molar-refractivity contribution in [3.8, 4) is 5.75 Å². The molecule has 0 fully saturated rings. The van der Waals surface area contributed by atoms with Crippen LogP contribution in [0.3, 0.4) is 0 Å². The summed E-state index contributed by atoms with van der Waals surface area (Å²) in [4.78, 5) is 16.2. The molecular formula is C18H15ClN2O4. The topological polar surface area (TPSA) is 95.6 Å². The maximum Gasteiger partial charge on any atom is 0.227 e. The first-order valence-electron chi connectivity index (χ1n) is 7.48. The van der Waals surface area contributed by atoms with E-state index < -0.39 is 23.8 Å². The molecule has 3 rings (SSSR count). The Kier molecular flexibility index (Phi) is 5.02. The minimum atomic E-state index is -0.729. The number of pyridine rings is 1. The molecule has 0 amide bonds. The Morgan fingerprint density at radius 2 is 2.04 bits per heavy atom. The van der Waals surface area contributed by atoms with Crippen molar-refractivity contribution >= 4 is 17.4 Å². The summed E-state index contributed by atoms with van der Waals surface area (Å²) in [5, 5.41) is 23.1. The van der Waals surface area contributed by atoms with Crippen LogP contribution in [-0.2, 0) is 6.61 Å². The van der Waals surface area contributed by atoms with E-state index in [0.717, 1.165) is 6.07 Å². The average Bonchev–Trinajstić information content (AvgIpc) is 2.63. The Morgan fingerprint density at radius 3 is 2.72 bits per heavy atom. The van der Waals surface area contributed by atoms with Crippen molar-refractivity contribution in [1.82, 2.24) is 4.98 Å². The summed E-state index contributed by atoms with van der Waals surface area (Å²) in [5.74, 6) is 0.00616. The molecule has 0 unspecified atom stereocenters. The Labute approximate surface area is 148 Å². The lowest BCUT2D eigenvalue weighted by atomic mass is 10.0. The van der Waals surface area contributed by atoms with Crippen LogP contribution in [0, 0.1) is 0 Å². The van der Waals surface area contributed by atoms with Crippen LogP contribution in [0.2, 0.25) is 5.02 Å². The fraction of sp³-hybridized carbons (Fsp3) is 0.111. The molecule has 1 aromatic carbocycles. The lowest BCUT2D eigenvalue weighted by Gasteiger charge is -2.20. The van der Waals surface area contributed by atoms with Crippen LogP contribution >= 0.6 is 11.6 Å². The van der Waals surface area contributed by atoms with Gasteiger partial charge in [0.25, 0.3) is 0 Å². The zero-order valence-corrected chi connectivity index (χ0v) is 13.8. The summed E-state index contributed by atoms with van der Waals surface area (Å²) in [5.41, 5.74) is 0.0202. The third kappa shape index (κ3) is 3.81. The van der Waals surface area contributed by atoms with Gasteiger partial charge in [0.05, 0.1) is 0 Å². The van der Waals surface area contributed by atoms with Gasteiger partial charge in [0.2, 0.25) is 11.2 Å². The first kappa shape index (κ1) is 17.0. The highest BCUT2D eigenvalue weighted by Crippen LogP contribution is 2.32. The summed E-state index contributed by atoms with van der Waals surface area (Å²) in [6.45, 7) is -0.464. The molecule has 0 saturated heterocycles. The van der Waals surface area contributed by atoms with Crippen molar-refractivity contribution in [3.63, 3.8) is 0 Å². The van der Waals surface area contributed by atoms with Crippen LogP contribution in [0.15, 0.2) is 63.9 Å². The number of aromatic nitrogens is 1. The number of hydrogen-bond acceptors (Lipinski definition) is 6. The van der Waals surface area contributed by atoms with E-state index in [1.54, 1.807) is 48.7 Å².